The van der Waals surface area contributed by atoms with Gasteiger partial charge in [0.25, 0.3) is 5.91 Å². The standard InChI is InChI=1S/C22H26F3NO2/c1-5-19(28-18-11-9-16(10-12-18)21(2,3)4)20(27)26-14-15-7-6-8-17(13-15)22(23,24)25/h6-13,19H,5,14H2,1-4H3,(H,26,27). The maximum absolute atomic E-state index is 12.8. The van der Waals surface area contributed by atoms with E-state index in [4.69, 9.17) is 4.74 Å². The van der Waals surface area contributed by atoms with Crippen molar-refractivity contribution in [3.8, 4) is 5.75 Å². The van der Waals surface area contributed by atoms with E-state index < -0.39 is 17.8 Å². The van der Waals surface area contributed by atoms with Crippen LogP contribution in [-0.4, -0.2) is 12.0 Å². The molecule has 28 heavy (non-hydrogen) atoms. The van der Waals surface area contributed by atoms with Crippen molar-refractivity contribution in [3.05, 3.63) is 65.2 Å². The van der Waals surface area contributed by atoms with Gasteiger partial charge in [-0.1, -0.05) is 52.0 Å². The van der Waals surface area contributed by atoms with Crippen LogP contribution in [0.4, 0.5) is 13.2 Å². The first-order valence-electron chi connectivity index (χ1n) is 9.21. The molecule has 1 amide bonds. The fraction of sp³-hybridized carbons (Fsp3) is 0.409. The van der Waals surface area contributed by atoms with Crippen LogP contribution < -0.4 is 10.1 Å². The van der Waals surface area contributed by atoms with E-state index in [1.165, 1.54) is 6.07 Å². The molecule has 6 heteroatoms. The number of amides is 1. The Bertz CT molecular complexity index is 793. The molecule has 3 nitrogen and oxygen atoms in total. The molecule has 1 unspecified atom stereocenters. The van der Waals surface area contributed by atoms with Crippen molar-refractivity contribution < 1.29 is 22.7 Å². The third-order valence-corrected chi connectivity index (χ3v) is 4.38. The zero-order chi connectivity index (χ0) is 20.9. The second kappa shape index (κ2) is 8.67. The number of carbonyl (C=O) groups excluding carboxylic acids is 1. The lowest BCUT2D eigenvalue weighted by Gasteiger charge is -2.21. The summed E-state index contributed by atoms with van der Waals surface area (Å²) in [5.74, 6) is 0.217. The molecule has 0 heterocycles. The monoisotopic (exact) mass is 393 g/mol. The van der Waals surface area contributed by atoms with E-state index in [9.17, 15) is 18.0 Å². The second-order valence-electron chi connectivity index (χ2n) is 7.71. The molecule has 152 valence electrons. The van der Waals surface area contributed by atoms with Gasteiger partial charge in [0.05, 0.1) is 5.56 Å². The van der Waals surface area contributed by atoms with E-state index in [2.05, 4.69) is 26.1 Å². The van der Waals surface area contributed by atoms with Gasteiger partial charge in [0, 0.05) is 6.54 Å². The highest BCUT2D eigenvalue weighted by Gasteiger charge is 2.30. The Morgan fingerprint density at radius 1 is 1.04 bits per heavy atom. The molecule has 1 N–H and O–H groups in total. The number of benzene rings is 2. The first-order valence-corrected chi connectivity index (χ1v) is 9.21. The van der Waals surface area contributed by atoms with Crippen LogP contribution in [0.25, 0.3) is 0 Å². The van der Waals surface area contributed by atoms with Crippen molar-refractivity contribution in [2.75, 3.05) is 0 Å². The zero-order valence-corrected chi connectivity index (χ0v) is 16.6. The summed E-state index contributed by atoms with van der Waals surface area (Å²) in [5.41, 5.74) is 0.821. The van der Waals surface area contributed by atoms with Crippen molar-refractivity contribution in [1.29, 1.82) is 0 Å². The normalized spacial score (nSPS) is 13.1. The van der Waals surface area contributed by atoms with E-state index in [0.29, 0.717) is 17.7 Å². The average molecular weight is 393 g/mol. The van der Waals surface area contributed by atoms with Crippen molar-refractivity contribution in [3.63, 3.8) is 0 Å². The Labute approximate surface area is 163 Å². The Balaban J connectivity index is 1.98. The Morgan fingerprint density at radius 3 is 2.21 bits per heavy atom. The molecule has 0 spiro atoms. The molecule has 0 aromatic heterocycles. The van der Waals surface area contributed by atoms with E-state index in [1.807, 2.05) is 31.2 Å². The molecular formula is C22H26F3NO2. The molecule has 0 saturated heterocycles. The van der Waals surface area contributed by atoms with Crippen LogP contribution in [0.5, 0.6) is 5.75 Å². The largest absolute Gasteiger partial charge is 0.481 e. The molecule has 2 aromatic carbocycles. The van der Waals surface area contributed by atoms with Gasteiger partial charge in [0.1, 0.15) is 5.75 Å². The minimum atomic E-state index is -4.41. The van der Waals surface area contributed by atoms with Crippen molar-refractivity contribution in [1.82, 2.24) is 5.32 Å². The first-order chi connectivity index (χ1) is 13.0. The number of carbonyl (C=O) groups is 1. The smallest absolute Gasteiger partial charge is 0.416 e. The minimum absolute atomic E-state index is 0.00553. The fourth-order valence-corrected chi connectivity index (χ4v) is 2.68. The number of halogens is 3. The van der Waals surface area contributed by atoms with Crippen LogP contribution in [0, 0.1) is 0 Å². The highest BCUT2D eigenvalue weighted by molar-refractivity contribution is 5.81. The quantitative estimate of drug-likeness (QED) is 0.706. The van der Waals surface area contributed by atoms with Crippen LogP contribution >= 0.6 is 0 Å². The first kappa shape index (κ1) is 21.8. The van der Waals surface area contributed by atoms with Gasteiger partial charge in [-0.3, -0.25) is 4.79 Å². The van der Waals surface area contributed by atoms with Crippen molar-refractivity contribution in [2.45, 2.75) is 58.4 Å². The lowest BCUT2D eigenvalue weighted by Crippen LogP contribution is -2.37. The Hall–Kier alpha value is -2.50. The summed E-state index contributed by atoms with van der Waals surface area (Å²) < 4.78 is 44.1. The van der Waals surface area contributed by atoms with Gasteiger partial charge in [0.15, 0.2) is 6.10 Å². The van der Waals surface area contributed by atoms with Crippen LogP contribution in [0.1, 0.15) is 50.8 Å². The molecule has 0 aliphatic carbocycles. The lowest BCUT2D eigenvalue weighted by atomic mass is 9.87. The number of rotatable bonds is 6. The summed E-state index contributed by atoms with van der Waals surface area (Å²) in [7, 11) is 0. The molecular weight excluding hydrogens is 367 g/mol. The Kier molecular flexibility index (Phi) is 6.75. The molecule has 0 aliphatic heterocycles. The van der Waals surface area contributed by atoms with E-state index in [-0.39, 0.29) is 17.9 Å². The van der Waals surface area contributed by atoms with Gasteiger partial charge < -0.3 is 10.1 Å². The maximum atomic E-state index is 12.8. The van der Waals surface area contributed by atoms with Crippen molar-refractivity contribution >= 4 is 5.91 Å². The summed E-state index contributed by atoms with van der Waals surface area (Å²) in [6, 6.07) is 12.5. The molecule has 2 rings (SSSR count). The number of nitrogens with one attached hydrogen (secondary N) is 1. The number of alkyl halides is 3. The lowest BCUT2D eigenvalue weighted by molar-refractivity contribution is -0.137. The van der Waals surface area contributed by atoms with Gasteiger partial charge in [-0.2, -0.15) is 13.2 Å². The predicted molar refractivity (Wildman–Crippen MR) is 103 cm³/mol. The zero-order valence-electron chi connectivity index (χ0n) is 16.6. The summed E-state index contributed by atoms with van der Waals surface area (Å²) in [6.45, 7) is 8.15. The van der Waals surface area contributed by atoms with Gasteiger partial charge in [0.2, 0.25) is 0 Å². The van der Waals surface area contributed by atoms with Crippen molar-refractivity contribution in [2.24, 2.45) is 0 Å². The van der Waals surface area contributed by atoms with Gasteiger partial charge in [-0.15, -0.1) is 0 Å². The summed E-state index contributed by atoms with van der Waals surface area (Å²) >= 11 is 0. The van der Waals surface area contributed by atoms with Crippen LogP contribution in [0.15, 0.2) is 48.5 Å². The molecule has 0 bridgehead atoms. The third-order valence-electron chi connectivity index (χ3n) is 4.38. The fourth-order valence-electron chi connectivity index (χ4n) is 2.68. The summed E-state index contributed by atoms with van der Waals surface area (Å²) in [6.07, 6.45) is -4.68. The number of ether oxygens (including phenoxy) is 1. The maximum Gasteiger partial charge on any atom is 0.416 e. The average Bonchev–Trinajstić information content (AvgIpc) is 2.63. The Morgan fingerprint density at radius 2 is 1.68 bits per heavy atom. The van der Waals surface area contributed by atoms with Crippen LogP contribution in [-0.2, 0) is 22.9 Å². The number of hydrogen-bond acceptors (Lipinski definition) is 2. The molecule has 0 radical (unpaired) electrons. The highest BCUT2D eigenvalue weighted by Crippen LogP contribution is 2.29. The SMILES string of the molecule is CCC(Oc1ccc(C(C)(C)C)cc1)C(=O)NCc1cccc(C(F)(F)F)c1. The minimum Gasteiger partial charge on any atom is -0.481 e. The molecule has 1 atom stereocenters. The molecule has 0 fully saturated rings. The van der Waals surface area contributed by atoms with Gasteiger partial charge >= 0.3 is 6.18 Å². The van der Waals surface area contributed by atoms with E-state index in [0.717, 1.165) is 17.7 Å². The molecule has 0 saturated carbocycles. The van der Waals surface area contributed by atoms with Crippen LogP contribution in [0.2, 0.25) is 0 Å². The van der Waals surface area contributed by atoms with Crippen LogP contribution in [0.3, 0.4) is 0 Å². The second-order valence-corrected chi connectivity index (χ2v) is 7.71. The van der Waals surface area contributed by atoms with Gasteiger partial charge in [-0.25, -0.2) is 0 Å². The van der Waals surface area contributed by atoms with E-state index in [1.54, 1.807) is 6.07 Å². The topological polar surface area (TPSA) is 38.3 Å². The molecule has 2 aromatic rings. The third kappa shape index (κ3) is 6.01. The summed E-state index contributed by atoms with van der Waals surface area (Å²) in [5, 5.41) is 2.65. The number of hydrogen-bond donors (Lipinski definition) is 1. The highest BCUT2D eigenvalue weighted by atomic mass is 19.4. The van der Waals surface area contributed by atoms with Gasteiger partial charge in [-0.05, 0) is 47.2 Å². The van der Waals surface area contributed by atoms with E-state index >= 15 is 0 Å². The predicted octanol–water partition coefficient (Wildman–Crippen LogP) is 5.48. The summed E-state index contributed by atoms with van der Waals surface area (Å²) in [4.78, 5) is 12.4. The molecule has 0 aliphatic rings.